The Balaban J connectivity index is 1.47. The largest absolute Gasteiger partial charge is 0.352 e. The van der Waals surface area contributed by atoms with Crippen LogP contribution in [0.15, 0.2) is 42.5 Å². The van der Waals surface area contributed by atoms with Gasteiger partial charge in [0.2, 0.25) is 11.8 Å². The SMILES string of the molecule is Cc1cccc(C)c1NC(=O)C1CCC(C(=O)NCc2ccc(F)cc2)CC1. The van der Waals surface area contributed by atoms with E-state index in [1.165, 1.54) is 12.1 Å². The van der Waals surface area contributed by atoms with Crippen LogP contribution in [0.2, 0.25) is 0 Å². The second kappa shape index (κ2) is 9.00. The molecule has 0 atom stereocenters. The lowest BCUT2D eigenvalue weighted by atomic mass is 9.81. The van der Waals surface area contributed by atoms with Crippen molar-refractivity contribution in [3.05, 3.63) is 65.0 Å². The lowest BCUT2D eigenvalue weighted by Gasteiger charge is -2.27. The number of rotatable bonds is 5. The van der Waals surface area contributed by atoms with Gasteiger partial charge in [0.05, 0.1) is 0 Å². The number of para-hydroxylation sites is 1. The zero-order chi connectivity index (χ0) is 20.1. The van der Waals surface area contributed by atoms with Crippen LogP contribution in [-0.4, -0.2) is 11.8 Å². The van der Waals surface area contributed by atoms with Crippen molar-refractivity contribution < 1.29 is 14.0 Å². The van der Waals surface area contributed by atoms with Crippen LogP contribution in [0.4, 0.5) is 10.1 Å². The van der Waals surface area contributed by atoms with Gasteiger partial charge in [0.15, 0.2) is 0 Å². The van der Waals surface area contributed by atoms with E-state index in [0.29, 0.717) is 32.2 Å². The van der Waals surface area contributed by atoms with E-state index in [4.69, 9.17) is 0 Å². The van der Waals surface area contributed by atoms with Gasteiger partial charge in [-0.3, -0.25) is 9.59 Å². The van der Waals surface area contributed by atoms with Gasteiger partial charge in [-0.15, -0.1) is 0 Å². The first-order valence-electron chi connectivity index (χ1n) is 9.83. The quantitative estimate of drug-likeness (QED) is 0.800. The van der Waals surface area contributed by atoms with E-state index in [1.54, 1.807) is 12.1 Å². The van der Waals surface area contributed by atoms with Gasteiger partial charge in [-0.05, 0) is 68.4 Å². The molecule has 4 nitrogen and oxygen atoms in total. The monoisotopic (exact) mass is 382 g/mol. The zero-order valence-corrected chi connectivity index (χ0v) is 16.4. The maximum absolute atomic E-state index is 12.9. The van der Waals surface area contributed by atoms with Gasteiger partial charge < -0.3 is 10.6 Å². The van der Waals surface area contributed by atoms with Crippen LogP contribution in [-0.2, 0) is 16.1 Å². The van der Waals surface area contributed by atoms with E-state index >= 15 is 0 Å². The Hall–Kier alpha value is -2.69. The molecule has 0 bridgehead atoms. The number of amides is 2. The van der Waals surface area contributed by atoms with E-state index in [1.807, 2.05) is 32.0 Å². The number of benzene rings is 2. The second-order valence-corrected chi connectivity index (χ2v) is 7.65. The van der Waals surface area contributed by atoms with Crippen LogP contribution in [0.3, 0.4) is 0 Å². The Bertz CT molecular complexity index is 820. The fourth-order valence-corrected chi connectivity index (χ4v) is 3.79. The van der Waals surface area contributed by atoms with Crippen LogP contribution in [0.1, 0.15) is 42.4 Å². The van der Waals surface area contributed by atoms with Crippen molar-refractivity contribution in [2.75, 3.05) is 5.32 Å². The average molecular weight is 382 g/mol. The first-order chi connectivity index (χ1) is 13.4. The summed E-state index contributed by atoms with van der Waals surface area (Å²) < 4.78 is 12.9. The average Bonchev–Trinajstić information content (AvgIpc) is 2.70. The van der Waals surface area contributed by atoms with Crippen molar-refractivity contribution in [3.63, 3.8) is 0 Å². The smallest absolute Gasteiger partial charge is 0.227 e. The number of carbonyl (C=O) groups is 2. The van der Waals surface area contributed by atoms with Crippen LogP contribution >= 0.6 is 0 Å². The summed E-state index contributed by atoms with van der Waals surface area (Å²) in [7, 11) is 0. The number of anilines is 1. The minimum atomic E-state index is -0.285. The lowest BCUT2D eigenvalue weighted by molar-refractivity contribution is -0.128. The number of halogens is 1. The molecular weight excluding hydrogens is 355 g/mol. The molecule has 1 saturated carbocycles. The number of aryl methyl sites for hydroxylation is 2. The van der Waals surface area contributed by atoms with Crippen molar-refractivity contribution in [1.82, 2.24) is 5.32 Å². The highest BCUT2D eigenvalue weighted by molar-refractivity contribution is 5.94. The van der Waals surface area contributed by atoms with Crippen LogP contribution in [0, 0.1) is 31.5 Å². The molecule has 2 aromatic rings. The third kappa shape index (κ3) is 4.97. The fraction of sp³-hybridized carbons (Fsp3) is 0.391. The molecule has 0 unspecified atom stereocenters. The molecule has 0 saturated heterocycles. The number of carbonyl (C=O) groups excluding carboxylic acids is 2. The van der Waals surface area contributed by atoms with E-state index < -0.39 is 0 Å². The summed E-state index contributed by atoms with van der Waals surface area (Å²) in [6.45, 7) is 4.38. The molecule has 28 heavy (non-hydrogen) atoms. The number of hydrogen-bond acceptors (Lipinski definition) is 2. The minimum Gasteiger partial charge on any atom is -0.352 e. The third-order valence-electron chi connectivity index (χ3n) is 5.58. The molecule has 0 spiro atoms. The third-order valence-corrected chi connectivity index (χ3v) is 5.58. The topological polar surface area (TPSA) is 58.2 Å². The van der Waals surface area contributed by atoms with E-state index in [0.717, 1.165) is 22.4 Å². The highest BCUT2D eigenvalue weighted by Gasteiger charge is 2.30. The van der Waals surface area contributed by atoms with Gasteiger partial charge in [0, 0.05) is 24.1 Å². The summed E-state index contributed by atoms with van der Waals surface area (Å²) in [5.41, 5.74) is 3.88. The van der Waals surface area contributed by atoms with Gasteiger partial charge in [0.25, 0.3) is 0 Å². The van der Waals surface area contributed by atoms with E-state index in [-0.39, 0.29) is 29.5 Å². The maximum Gasteiger partial charge on any atom is 0.227 e. The summed E-state index contributed by atoms with van der Waals surface area (Å²) in [5, 5.41) is 6.00. The molecule has 2 amide bonds. The van der Waals surface area contributed by atoms with Crippen LogP contribution < -0.4 is 10.6 Å². The Morgan fingerprint density at radius 1 is 0.893 bits per heavy atom. The van der Waals surface area contributed by atoms with E-state index in [2.05, 4.69) is 10.6 Å². The Kier molecular flexibility index (Phi) is 6.45. The molecule has 0 aliphatic heterocycles. The van der Waals surface area contributed by atoms with Gasteiger partial charge in [0.1, 0.15) is 5.82 Å². The Morgan fingerprint density at radius 3 is 2.00 bits per heavy atom. The molecule has 148 valence electrons. The second-order valence-electron chi connectivity index (χ2n) is 7.65. The predicted octanol–water partition coefficient (Wildman–Crippen LogP) is 4.50. The molecule has 0 radical (unpaired) electrons. The first-order valence-corrected chi connectivity index (χ1v) is 9.83. The van der Waals surface area contributed by atoms with Gasteiger partial charge >= 0.3 is 0 Å². The number of hydrogen-bond donors (Lipinski definition) is 2. The number of nitrogens with one attached hydrogen (secondary N) is 2. The minimum absolute atomic E-state index is 0.0120. The van der Waals surface area contributed by atoms with Crippen LogP contribution in [0.25, 0.3) is 0 Å². The summed E-state index contributed by atoms with van der Waals surface area (Å²) in [6, 6.07) is 12.1. The molecule has 1 aliphatic carbocycles. The molecule has 1 aliphatic rings. The highest BCUT2D eigenvalue weighted by Crippen LogP contribution is 2.30. The van der Waals surface area contributed by atoms with Gasteiger partial charge in [-0.2, -0.15) is 0 Å². The summed E-state index contributed by atoms with van der Waals surface area (Å²) in [6.07, 6.45) is 2.84. The highest BCUT2D eigenvalue weighted by atomic mass is 19.1. The predicted molar refractivity (Wildman–Crippen MR) is 108 cm³/mol. The molecular formula is C23H27FN2O2. The van der Waals surface area contributed by atoms with Crippen molar-refractivity contribution in [3.8, 4) is 0 Å². The maximum atomic E-state index is 12.9. The summed E-state index contributed by atoms with van der Waals surface area (Å²) >= 11 is 0. The van der Waals surface area contributed by atoms with E-state index in [9.17, 15) is 14.0 Å². The molecule has 3 rings (SSSR count). The molecule has 0 heterocycles. The summed E-state index contributed by atoms with van der Waals surface area (Å²) in [5.74, 6) is -0.349. The normalized spacial score (nSPS) is 19.1. The first kappa shape index (κ1) is 20.1. The van der Waals surface area contributed by atoms with Crippen LogP contribution in [0.5, 0.6) is 0 Å². The van der Waals surface area contributed by atoms with Gasteiger partial charge in [-0.1, -0.05) is 30.3 Å². The summed E-state index contributed by atoms with van der Waals surface area (Å²) in [4.78, 5) is 25.1. The van der Waals surface area contributed by atoms with Gasteiger partial charge in [-0.25, -0.2) is 4.39 Å². The lowest BCUT2D eigenvalue weighted by Crippen LogP contribution is -2.35. The zero-order valence-electron chi connectivity index (χ0n) is 16.4. The van der Waals surface area contributed by atoms with Crippen molar-refractivity contribution in [2.45, 2.75) is 46.1 Å². The molecule has 0 aromatic heterocycles. The molecule has 5 heteroatoms. The standard InChI is InChI=1S/C23H27FN2O2/c1-15-4-3-5-16(2)21(15)26-23(28)19-10-8-18(9-11-19)22(27)25-14-17-6-12-20(24)13-7-17/h3-7,12-13,18-19H,8-11,14H2,1-2H3,(H,25,27)(H,26,28). The fourth-order valence-electron chi connectivity index (χ4n) is 3.79. The Morgan fingerprint density at radius 2 is 1.43 bits per heavy atom. The van der Waals surface area contributed by atoms with Crippen molar-refractivity contribution in [2.24, 2.45) is 11.8 Å². The van der Waals surface area contributed by atoms with Crippen molar-refractivity contribution >= 4 is 17.5 Å². The molecule has 2 aromatic carbocycles. The van der Waals surface area contributed by atoms with Crippen molar-refractivity contribution in [1.29, 1.82) is 0 Å². The molecule has 1 fully saturated rings. The Labute approximate surface area is 165 Å². The molecule has 2 N–H and O–H groups in total.